The first kappa shape index (κ1) is 25.8. The largest absolute Gasteiger partial charge is 0.490 e. The minimum atomic E-state index is -0.496. The van der Waals surface area contributed by atoms with E-state index in [1.165, 1.54) is 0 Å². The quantitative estimate of drug-likeness (QED) is 0.227. The first-order chi connectivity index (χ1) is 16.9. The summed E-state index contributed by atoms with van der Waals surface area (Å²) in [5, 5.41) is 3.01. The molecule has 3 aromatic carbocycles. The maximum atomic E-state index is 12.6. The molecule has 0 atom stereocenters. The van der Waals surface area contributed by atoms with E-state index in [9.17, 15) is 9.59 Å². The maximum absolute atomic E-state index is 12.6. The number of carbonyl (C=O) groups is 2. The Kier molecular flexibility index (Phi) is 9.70. The molecule has 0 unspecified atom stereocenters. The number of hydrogen-bond acceptors (Lipinski definition) is 6. The number of aryl methyl sites for hydroxylation is 1. The summed E-state index contributed by atoms with van der Waals surface area (Å²) in [6.07, 6.45) is 0. The maximum Gasteiger partial charge on any atom is 0.276 e. The predicted molar refractivity (Wildman–Crippen MR) is 137 cm³/mol. The highest BCUT2D eigenvalue weighted by Crippen LogP contribution is 2.21. The summed E-state index contributed by atoms with van der Waals surface area (Å²) < 4.78 is 16.7. The van der Waals surface area contributed by atoms with Gasteiger partial charge in [-0.2, -0.15) is 0 Å². The topological polar surface area (TPSA) is 97.9 Å². The van der Waals surface area contributed by atoms with E-state index in [1.54, 1.807) is 42.5 Å². The number of para-hydroxylation sites is 2. The molecule has 0 aliphatic carbocycles. The molecule has 0 saturated heterocycles. The van der Waals surface area contributed by atoms with Crippen molar-refractivity contribution in [1.29, 1.82) is 0 Å². The number of ether oxygens (including phenoxy) is 3. The van der Waals surface area contributed by atoms with Gasteiger partial charge in [-0.05, 0) is 67.2 Å². The molecule has 3 rings (SSSR count). The van der Waals surface area contributed by atoms with Gasteiger partial charge in [-0.15, -0.1) is 0 Å². The second kappa shape index (κ2) is 13.2. The highest BCUT2D eigenvalue weighted by molar-refractivity contribution is 7.80. The van der Waals surface area contributed by atoms with Gasteiger partial charge in [0, 0.05) is 5.02 Å². The second-order valence-corrected chi connectivity index (χ2v) is 7.98. The van der Waals surface area contributed by atoms with Crippen LogP contribution in [0.5, 0.6) is 17.2 Å². The molecule has 182 valence electrons. The molecule has 0 heterocycles. The van der Waals surface area contributed by atoms with Gasteiger partial charge in [0.05, 0.1) is 5.56 Å². The lowest BCUT2D eigenvalue weighted by Crippen LogP contribution is -2.49. The zero-order valence-corrected chi connectivity index (χ0v) is 20.4. The van der Waals surface area contributed by atoms with Crippen molar-refractivity contribution < 1.29 is 23.8 Å². The van der Waals surface area contributed by atoms with Crippen molar-refractivity contribution in [3.05, 3.63) is 88.9 Å². The molecule has 3 N–H and O–H groups in total. The number of hydrazine groups is 1. The summed E-state index contributed by atoms with van der Waals surface area (Å²) in [6, 6.07) is 21.2. The molecular formula is C25H24ClN3O5S. The number of carbonyl (C=O) groups excluding carboxylic acids is 2. The normalized spacial score (nSPS) is 10.1. The van der Waals surface area contributed by atoms with Gasteiger partial charge in [-0.3, -0.25) is 25.8 Å². The Morgan fingerprint density at radius 2 is 1.57 bits per heavy atom. The van der Waals surface area contributed by atoms with E-state index in [1.807, 2.05) is 37.3 Å². The number of benzene rings is 3. The third-order valence-corrected chi connectivity index (χ3v) is 5.15. The van der Waals surface area contributed by atoms with E-state index in [-0.39, 0.29) is 23.9 Å². The summed E-state index contributed by atoms with van der Waals surface area (Å²) in [5.41, 5.74) is 5.95. The smallest absolute Gasteiger partial charge is 0.276 e. The fourth-order valence-corrected chi connectivity index (χ4v) is 3.09. The van der Waals surface area contributed by atoms with Crippen LogP contribution in [-0.4, -0.2) is 36.7 Å². The van der Waals surface area contributed by atoms with Crippen molar-refractivity contribution in [2.24, 2.45) is 0 Å². The molecular weight excluding hydrogens is 490 g/mol. The Balaban J connectivity index is 1.41. The molecule has 0 aromatic heterocycles. The molecule has 10 heteroatoms. The van der Waals surface area contributed by atoms with Crippen LogP contribution in [0.15, 0.2) is 72.8 Å². The number of nitrogens with one attached hydrogen (secondary N) is 3. The molecule has 2 amide bonds. The molecule has 0 aliphatic rings. The summed E-state index contributed by atoms with van der Waals surface area (Å²) in [6.45, 7) is 2.13. The van der Waals surface area contributed by atoms with Crippen LogP contribution in [0.2, 0.25) is 5.02 Å². The van der Waals surface area contributed by atoms with Crippen molar-refractivity contribution in [3.63, 3.8) is 0 Å². The first-order valence-corrected chi connectivity index (χ1v) is 11.4. The van der Waals surface area contributed by atoms with Crippen LogP contribution in [0.25, 0.3) is 0 Å². The predicted octanol–water partition coefficient (Wildman–Crippen LogP) is 3.82. The highest BCUT2D eigenvalue weighted by Gasteiger charge is 2.14. The minimum Gasteiger partial charge on any atom is -0.490 e. The Morgan fingerprint density at radius 3 is 2.34 bits per heavy atom. The lowest BCUT2D eigenvalue weighted by molar-refractivity contribution is -0.123. The zero-order chi connectivity index (χ0) is 25.0. The number of amides is 2. The standard InChI is InChI=1S/C25H24ClN3O5S/c1-17-15-19(11-12-21(17)26)34-16-23(30)28-29-25(35)27-24(31)20-9-5-6-10-22(20)33-14-13-32-18-7-3-2-4-8-18/h2-12,15H,13-14,16H2,1H3,(H,28,30)(H2,27,29,31,35). The number of halogens is 1. The van der Waals surface area contributed by atoms with E-state index >= 15 is 0 Å². The van der Waals surface area contributed by atoms with Gasteiger partial charge in [0.2, 0.25) is 0 Å². The van der Waals surface area contributed by atoms with E-state index < -0.39 is 11.8 Å². The Morgan fingerprint density at radius 1 is 0.857 bits per heavy atom. The third kappa shape index (κ3) is 8.47. The van der Waals surface area contributed by atoms with Crippen LogP contribution in [0.3, 0.4) is 0 Å². The van der Waals surface area contributed by atoms with Gasteiger partial charge in [0.15, 0.2) is 11.7 Å². The van der Waals surface area contributed by atoms with Gasteiger partial charge in [0.25, 0.3) is 11.8 Å². The van der Waals surface area contributed by atoms with Crippen LogP contribution in [0.4, 0.5) is 0 Å². The minimum absolute atomic E-state index is 0.0899. The molecule has 0 aliphatic heterocycles. The second-order valence-electron chi connectivity index (χ2n) is 7.16. The number of hydrogen-bond donors (Lipinski definition) is 3. The third-order valence-electron chi connectivity index (χ3n) is 4.53. The Labute approximate surface area is 213 Å². The monoisotopic (exact) mass is 513 g/mol. The molecule has 0 saturated carbocycles. The average Bonchev–Trinajstić information content (AvgIpc) is 2.87. The first-order valence-electron chi connectivity index (χ1n) is 10.6. The van der Waals surface area contributed by atoms with Crippen molar-refractivity contribution >= 4 is 40.7 Å². The molecule has 0 fully saturated rings. The van der Waals surface area contributed by atoms with E-state index in [4.69, 9.17) is 38.0 Å². The van der Waals surface area contributed by atoms with Crippen molar-refractivity contribution in [1.82, 2.24) is 16.2 Å². The lowest BCUT2D eigenvalue weighted by Gasteiger charge is -2.14. The van der Waals surface area contributed by atoms with Crippen molar-refractivity contribution in [2.45, 2.75) is 6.92 Å². The summed E-state index contributed by atoms with van der Waals surface area (Å²) >= 11 is 11.1. The average molecular weight is 514 g/mol. The van der Waals surface area contributed by atoms with Crippen LogP contribution in [0, 0.1) is 6.92 Å². The Hall–Kier alpha value is -3.82. The van der Waals surface area contributed by atoms with Crippen LogP contribution < -0.4 is 30.4 Å². The van der Waals surface area contributed by atoms with Crippen LogP contribution >= 0.6 is 23.8 Å². The number of rotatable bonds is 9. The van der Waals surface area contributed by atoms with Gasteiger partial charge < -0.3 is 14.2 Å². The van der Waals surface area contributed by atoms with Gasteiger partial charge >= 0.3 is 0 Å². The summed E-state index contributed by atoms with van der Waals surface area (Å²) in [5.74, 6) is 0.624. The zero-order valence-electron chi connectivity index (χ0n) is 18.9. The number of thiocarbonyl (C=S) groups is 1. The van der Waals surface area contributed by atoms with Gasteiger partial charge in [-0.25, -0.2) is 0 Å². The highest BCUT2D eigenvalue weighted by atomic mass is 35.5. The molecule has 0 spiro atoms. The molecule has 35 heavy (non-hydrogen) atoms. The van der Waals surface area contributed by atoms with Crippen LogP contribution in [0.1, 0.15) is 15.9 Å². The molecule has 0 radical (unpaired) electrons. The van der Waals surface area contributed by atoms with Crippen molar-refractivity contribution in [2.75, 3.05) is 19.8 Å². The van der Waals surface area contributed by atoms with Crippen molar-refractivity contribution in [3.8, 4) is 17.2 Å². The van der Waals surface area contributed by atoms with Crippen LogP contribution in [-0.2, 0) is 4.79 Å². The summed E-state index contributed by atoms with van der Waals surface area (Å²) in [4.78, 5) is 24.6. The van der Waals surface area contributed by atoms with E-state index in [2.05, 4.69) is 16.2 Å². The van der Waals surface area contributed by atoms with E-state index in [0.717, 1.165) is 11.3 Å². The van der Waals surface area contributed by atoms with E-state index in [0.29, 0.717) is 23.1 Å². The molecule has 0 bridgehead atoms. The Bertz CT molecular complexity index is 1180. The SMILES string of the molecule is Cc1cc(OCC(=O)NNC(=S)NC(=O)c2ccccc2OCCOc2ccccc2)ccc1Cl. The summed E-state index contributed by atoms with van der Waals surface area (Å²) in [7, 11) is 0. The lowest BCUT2D eigenvalue weighted by atomic mass is 10.2. The molecule has 3 aromatic rings. The molecule has 8 nitrogen and oxygen atoms in total. The fourth-order valence-electron chi connectivity index (χ4n) is 2.83. The fraction of sp³-hybridized carbons (Fsp3) is 0.160. The van der Waals surface area contributed by atoms with Gasteiger partial charge in [0.1, 0.15) is 30.5 Å². The van der Waals surface area contributed by atoms with Gasteiger partial charge in [-0.1, -0.05) is 41.9 Å².